The van der Waals surface area contributed by atoms with Gasteiger partial charge < -0.3 is 18.5 Å². The predicted octanol–water partition coefficient (Wildman–Crippen LogP) is 15.4. The van der Waals surface area contributed by atoms with Crippen molar-refractivity contribution in [2.45, 2.75) is 32.3 Å². The summed E-state index contributed by atoms with van der Waals surface area (Å²) in [5.74, 6) is 0.969. The summed E-state index contributed by atoms with van der Waals surface area (Å²) in [5, 5.41) is 4.52. The van der Waals surface area contributed by atoms with E-state index in [9.17, 15) is 0 Å². The maximum Gasteiger partial charge on any atom is 0.143 e. The normalized spacial score (nSPS) is 19.5. The van der Waals surface area contributed by atoms with E-state index in [-0.39, 0.29) is 11.0 Å². The van der Waals surface area contributed by atoms with Crippen LogP contribution in [0.1, 0.15) is 32.3 Å². The Morgan fingerprint density at radius 2 is 1.05 bits per heavy atom. The Balaban J connectivity index is 0.960. The summed E-state index contributed by atoms with van der Waals surface area (Å²) >= 11 is 0. The SMILES string of the molecule is CC1(C2=CCC3(C)Oc4ccccc4C3=C2)C=C(N(c2ccc(-c3cccc4c3oc3ccccc34)cc2)c2ccc(-c3cccc4c3oc3ccccc34)cc2)C=CC1. The molecule has 60 heavy (non-hydrogen) atoms. The molecule has 2 unspecified atom stereocenters. The van der Waals surface area contributed by atoms with Crippen LogP contribution in [0, 0.1) is 5.41 Å². The predicted molar refractivity (Wildman–Crippen MR) is 247 cm³/mol. The van der Waals surface area contributed by atoms with Gasteiger partial charge in [-0.05, 0) is 84.7 Å². The van der Waals surface area contributed by atoms with Gasteiger partial charge in [-0.3, -0.25) is 0 Å². The zero-order valence-electron chi connectivity index (χ0n) is 33.5. The van der Waals surface area contributed by atoms with Crippen molar-refractivity contribution in [3.8, 4) is 28.0 Å². The van der Waals surface area contributed by atoms with Crippen LogP contribution in [-0.4, -0.2) is 5.60 Å². The number of benzene rings is 7. The summed E-state index contributed by atoms with van der Waals surface area (Å²) in [7, 11) is 0. The van der Waals surface area contributed by atoms with E-state index in [1.165, 1.54) is 16.7 Å². The Kier molecular flexibility index (Phi) is 7.58. The number of rotatable bonds is 6. The van der Waals surface area contributed by atoms with Crippen molar-refractivity contribution in [2.24, 2.45) is 5.41 Å². The number of hydrogen-bond donors (Lipinski definition) is 0. The van der Waals surface area contributed by atoms with Gasteiger partial charge in [-0.2, -0.15) is 0 Å². The topological polar surface area (TPSA) is 38.8 Å². The first-order valence-electron chi connectivity index (χ1n) is 20.8. The van der Waals surface area contributed by atoms with Gasteiger partial charge in [-0.25, -0.2) is 0 Å². The minimum Gasteiger partial charge on any atom is -0.482 e. The van der Waals surface area contributed by atoms with Gasteiger partial charge >= 0.3 is 0 Å². The summed E-state index contributed by atoms with van der Waals surface area (Å²) in [5.41, 5.74) is 14.5. The highest BCUT2D eigenvalue weighted by Gasteiger charge is 2.43. The fourth-order valence-corrected chi connectivity index (χ4v) is 9.83. The van der Waals surface area contributed by atoms with Crippen LogP contribution in [0.25, 0.3) is 71.7 Å². The molecule has 4 heteroatoms. The molecule has 2 aromatic heterocycles. The Hall–Kier alpha value is -7.30. The third kappa shape index (κ3) is 5.37. The van der Waals surface area contributed by atoms with Crippen LogP contribution < -0.4 is 9.64 Å². The maximum absolute atomic E-state index is 6.54. The third-order valence-corrected chi connectivity index (χ3v) is 13.0. The molecule has 0 saturated carbocycles. The third-order valence-electron chi connectivity index (χ3n) is 13.0. The molecule has 0 bridgehead atoms. The molecule has 0 N–H and O–H groups in total. The van der Waals surface area contributed by atoms with Crippen molar-refractivity contribution in [1.82, 2.24) is 0 Å². The molecule has 3 heterocycles. The molecule has 12 rings (SSSR count). The summed E-state index contributed by atoms with van der Waals surface area (Å²) in [6, 6.07) is 55.7. The molecule has 7 aromatic carbocycles. The van der Waals surface area contributed by atoms with Crippen LogP contribution in [0.15, 0.2) is 208 Å². The molecule has 0 radical (unpaired) electrons. The Morgan fingerprint density at radius 1 is 0.517 bits per heavy atom. The Labute approximate surface area is 348 Å². The molecule has 0 fully saturated rings. The average molecular weight is 776 g/mol. The highest BCUT2D eigenvalue weighted by molar-refractivity contribution is 6.10. The lowest BCUT2D eigenvalue weighted by Crippen LogP contribution is -2.32. The summed E-state index contributed by atoms with van der Waals surface area (Å²) in [4.78, 5) is 2.39. The molecule has 0 spiro atoms. The van der Waals surface area contributed by atoms with Gasteiger partial charge in [-0.1, -0.05) is 140 Å². The van der Waals surface area contributed by atoms with Gasteiger partial charge in [0.05, 0.1) is 0 Å². The first-order valence-corrected chi connectivity index (χ1v) is 20.8. The minimum absolute atomic E-state index is 0.234. The Morgan fingerprint density at radius 3 is 1.67 bits per heavy atom. The lowest BCUT2D eigenvalue weighted by atomic mass is 9.71. The van der Waals surface area contributed by atoms with Gasteiger partial charge in [0.2, 0.25) is 0 Å². The molecule has 3 aliphatic rings. The van der Waals surface area contributed by atoms with Crippen LogP contribution >= 0.6 is 0 Å². The highest BCUT2D eigenvalue weighted by Crippen LogP contribution is 2.52. The highest BCUT2D eigenvalue weighted by atomic mass is 16.5. The number of fused-ring (bicyclic) bond motifs is 9. The maximum atomic E-state index is 6.54. The van der Waals surface area contributed by atoms with E-state index in [1.807, 2.05) is 24.3 Å². The van der Waals surface area contributed by atoms with Crippen molar-refractivity contribution < 1.29 is 13.6 Å². The molecule has 2 aliphatic carbocycles. The van der Waals surface area contributed by atoms with E-state index in [0.29, 0.717) is 0 Å². The summed E-state index contributed by atoms with van der Waals surface area (Å²) in [6.07, 6.45) is 13.6. The van der Waals surface area contributed by atoms with Crippen molar-refractivity contribution in [3.05, 3.63) is 205 Å². The number of ether oxygens (including phenoxy) is 1. The van der Waals surface area contributed by atoms with E-state index >= 15 is 0 Å². The number of para-hydroxylation sites is 5. The fraction of sp³-hybridized carbons (Fsp3) is 0.107. The van der Waals surface area contributed by atoms with E-state index < -0.39 is 0 Å². The van der Waals surface area contributed by atoms with Crippen molar-refractivity contribution in [3.63, 3.8) is 0 Å². The van der Waals surface area contributed by atoms with Gasteiger partial charge in [0, 0.05) is 72.7 Å². The van der Waals surface area contributed by atoms with Gasteiger partial charge in [0.25, 0.3) is 0 Å². The number of nitrogens with zero attached hydrogens (tertiary/aromatic N) is 1. The molecule has 2 atom stereocenters. The van der Waals surface area contributed by atoms with Crippen LogP contribution in [-0.2, 0) is 0 Å². The number of allylic oxidation sites excluding steroid dienone is 5. The molecular formula is C56H41NO3. The van der Waals surface area contributed by atoms with Crippen molar-refractivity contribution >= 4 is 60.8 Å². The monoisotopic (exact) mass is 775 g/mol. The number of furan rings is 2. The average Bonchev–Trinajstić information content (AvgIpc) is 3.96. The molecule has 288 valence electrons. The van der Waals surface area contributed by atoms with Crippen LogP contribution in [0.2, 0.25) is 0 Å². The lowest BCUT2D eigenvalue weighted by Gasteiger charge is -2.37. The number of anilines is 2. The van der Waals surface area contributed by atoms with Crippen molar-refractivity contribution in [1.29, 1.82) is 0 Å². The molecule has 0 saturated heterocycles. The summed E-state index contributed by atoms with van der Waals surface area (Å²) < 4.78 is 19.4. The zero-order valence-corrected chi connectivity index (χ0v) is 33.5. The first kappa shape index (κ1) is 34.7. The molecule has 9 aromatic rings. The van der Waals surface area contributed by atoms with Crippen LogP contribution in [0.3, 0.4) is 0 Å². The second-order valence-electron chi connectivity index (χ2n) is 16.8. The quantitative estimate of drug-likeness (QED) is 0.169. The van der Waals surface area contributed by atoms with E-state index in [4.69, 9.17) is 13.6 Å². The van der Waals surface area contributed by atoms with E-state index in [2.05, 4.69) is 183 Å². The largest absolute Gasteiger partial charge is 0.482 e. The van der Waals surface area contributed by atoms with Gasteiger partial charge in [-0.15, -0.1) is 0 Å². The van der Waals surface area contributed by atoms with Crippen LogP contribution in [0.4, 0.5) is 11.4 Å². The van der Waals surface area contributed by atoms with Gasteiger partial charge in [0.15, 0.2) is 0 Å². The molecule has 0 amide bonds. The molecular weight excluding hydrogens is 735 g/mol. The smallest absolute Gasteiger partial charge is 0.143 e. The molecule has 4 nitrogen and oxygen atoms in total. The minimum atomic E-state index is -0.352. The zero-order chi connectivity index (χ0) is 40.0. The number of hydrogen-bond acceptors (Lipinski definition) is 4. The van der Waals surface area contributed by atoms with E-state index in [0.717, 1.165) is 102 Å². The second kappa shape index (κ2) is 13.1. The van der Waals surface area contributed by atoms with Crippen molar-refractivity contribution in [2.75, 3.05) is 4.90 Å². The second-order valence-corrected chi connectivity index (χ2v) is 16.8. The Bertz CT molecular complexity index is 3160. The lowest BCUT2D eigenvalue weighted by molar-refractivity contribution is 0.169. The standard InChI is InChI=1S/C56H41NO3/c1-55(38-31-33-56(2)49(34-38)48-15-5-8-22-52(48)60-56)32-11-12-41(35-55)57(39-27-23-36(24-28-39)42-16-9-18-46-44-13-3-6-20-50(44)58-53(42)46)40-29-25-37(26-30-40)43-17-10-19-47-45-14-4-7-21-51(45)59-54(43)47/h3-31,34-35H,32-33H2,1-2H3. The van der Waals surface area contributed by atoms with Gasteiger partial charge in [0.1, 0.15) is 33.7 Å². The molecule has 1 aliphatic heterocycles. The van der Waals surface area contributed by atoms with Crippen LogP contribution in [0.5, 0.6) is 5.75 Å². The first-order chi connectivity index (χ1) is 29.4. The summed E-state index contributed by atoms with van der Waals surface area (Å²) in [6.45, 7) is 4.59. The fourth-order valence-electron chi connectivity index (χ4n) is 9.83. The van der Waals surface area contributed by atoms with E-state index in [1.54, 1.807) is 0 Å².